The fraction of sp³-hybridized carbons (Fsp3) is 0.238. The first-order chi connectivity index (χ1) is 12.8. The number of fused-ring (bicyclic) bond motifs is 1. The lowest BCUT2D eigenvalue weighted by atomic mass is 9.96. The van der Waals surface area contributed by atoms with Gasteiger partial charge in [0.2, 0.25) is 0 Å². The summed E-state index contributed by atoms with van der Waals surface area (Å²) in [5, 5.41) is 5.92. The number of nitrogens with two attached hydrogens (primary N) is 1. The number of hydrogen-bond acceptors (Lipinski definition) is 5. The summed E-state index contributed by atoms with van der Waals surface area (Å²) >= 11 is 0. The Morgan fingerprint density at radius 1 is 1.22 bits per heavy atom. The highest BCUT2D eigenvalue weighted by atomic mass is 16.5. The summed E-state index contributed by atoms with van der Waals surface area (Å²) in [6.45, 7) is 5.95. The van der Waals surface area contributed by atoms with Crippen LogP contribution in [0.4, 0.5) is 11.4 Å². The van der Waals surface area contributed by atoms with Crippen LogP contribution >= 0.6 is 0 Å². The van der Waals surface area contributed by atoms with E-state index in [0.717, 1.165) is 16.8 Å². The van der Waals surface area contributed by atoms with Gasteiger partial charge in [-0.3, -0.25) is 4.79 Å². The molecule has 0 unspecified atom stereocenters. The van der Waals surface area contributed by atoms with E-state index in [0.29, 0.717) is 23.4 Å². The van der Waals surface area contributed by atoms with E-state index in [-0.39, 0.29) is 5.91 Å². The Morgan fingerprint density at radius 2 is 1.93 bits per heavy atom. The van der Waals surface area contributed by atoms with Crippen molar-refractivity contribution in [1.82, 2.24) is 0 Å². The molecule has 1 heterocycles. The zero-order valence-corrected chi connectivity index (χ0v) is 15.6. The maximum Gasteiger partial charge on any atom is 0.338 e. The first kappa shape index (κ1) is 18.7. The number of rotatable bonds is 5. The maximum absolute atomic E-state index is 12.3. The van der Waals surface area contributed by atoms with Crippen LogP contribution in [0.3, 0.4) is 0 Å². The average Bonchev–Trinajstić information content (AvgIpc) is 2.94. The van der Waals surface area contributed by atoms with Crippen molar-refractivity contribution in [2.45, 2.75) is 26.3 Å². The maximum atomic E-state index is 12.3. The van der Waals surface area contributed by atoms with Crippen molar-refractivity contribution in [2.75, 3.05) is 17.2 Å². The molecule has 0 saturated heterocycles. The summed E-state index contributed by atoms with van der Waals surface area (Å²) in [6, 6.07) is 12.8. The SMILES string of the molecule is CCOC(=O)c1ccc2c(c1)NC(=O)C2=CNc1ccc(C(C)(C)N)cc1. The zero-order valence-electron chi connectivity index (χ0n) is 15.6. The number of amides is 1. The number of ether oxygens (including phenoxy) is 1. The summed E-state index contributed by atoms with van der Waals surface area (Å²) in [5.74, 6) is -0.633. The number of carbonyl (C=O) groups is 2. The lowest BCUT2D eigenvalue weighted by Gasteiger charge is -2.19. The van der Waals surface area contributed by atoms with Gasteiger partial charge in [-0.2, -0.15) is 0 Å². The molecule has 3 rings (SSSR count). The third-order valence-electron chi connectivity index (χ3n) is 4.33. The van der Waals surface area contributed by atoms with Gasteiger partial charge in [-0.25, -0.2) is 4.79 Å². The molecule has 6 heteroatoms. The van der Waals surface area contributed by atoms with E-state index in [4.69, 9.17) is 10.5 Å². The molecular weight excluding hydrogens is 342 g/mol. The quantitative estimate of drug-likeness (QED) is 0.557. The summed E-state index contributed by atoms with van der Waals surface area (Å²) in [7, 11) is 0. The lowest BCUT2D eigenvalue weighted by molar-refractivity contribution is -0.110. The van der Waals surface area contributed by atoms with Gasteiger partial charge in [-0.1, -0.05) is 18.2 Å². The van der Waals surface area contributed by atoms with Crippen LogP contribution in [0, 0.1) is 0 Å². The van der Waals surface area contributed by atoms with Crippen molar-refractivity contribution >= 4 is 28.8 Å². The fourth-order valence-electron chi connectivity index (χ4n) is 2.83. The molecule has 0 atom stereocenters. The van der Waals surface area contributed by atoms with Crippen LogP contribution in [-0.2, 0) is 15.1 Å². The van der Waals surface area contributed by atoms with Crippen LogP contribution in [0.5, 0.6) is 0 Å². The number of nitrogens with one attached hydrogen (secondary N) is 2. The molecule has 1 aliphatic rings. The minimum atomic E-state index is -0.409. The molecule has 1 amide bonds. The van der Waals surface area contributed by atoms with Gasteiger partial charge in [-0.15, -0.1) is 0 Å². The van der Waals surface area contributed by atoms with E-state index in [9.17, 15) is 9.59 Å². The minimum Gasteiger partial charge on any atom is -0.462 e. The van der Waals surface area contributed by atoms with Crippen LogP contribution in [0.25, 0.3) is 5.57 Å². The van der Waals surface area contributed by atoms with Crippen molar-refractivity contribution in [3.8, 4) is 0 Å². The van der Waals surface area contributed by atoms with E-state index in [2.05, 4.69) is 10.6 Å². The topological polar surface area (TPSA) is 93.4 Å². The van der Waals surface area contributed by atoms with E-state index in [1.165, 1.54) is 0 Å². The number of carbonyl (C=O) groups excluding carboxylic acids is 2. The molecule has 2 aromatic rings. The first-order valence-corrected chi connectivity index (χ1v) is 8.78. The van der Waals surface area contributed by atoms with Gasteiger partial charge < -0.3 is 21.1 Å². The zero-order chi connectivity index (χ0) is 19.6. The molecule has 140 valence electrons. The van der Waals surface area contributed by atoms with E-state index in [1.807, 2.05) is 38.1 Å². The monoisotopic (exact) mass is 365 g/mol. The predicted octanol–water partition coefficient (Wildman–Crippen LogP) is 3.46. The number of hydrogen-bond donors (Lipinski definition) is 3. The molecule has 0 spiro atoms. The molecule has 0 saturated carbocycles. The van der Waals surface area contributed by atoms with E-state index >= 15 is 0 Å². The van der Waals surface area contributed by atoms with Crippen LogP contribution < -0.4 is 16.4 Å². The minimum absolute atomic E-state index is 0.224. The Morgan fingerprint density at radius 3 is 2.56 bits per heavy atom. The highest BCUT2D eigenvalue weighted by molar-refractivity contribution is 6.31. The Bertz CT molecular complexity index is 909. The Labute approximate surface area is 158 Å². The molecule has 0 aromatic heterocycles. The van der Waals surface area contributed by atoms with Gasteiger partial charge in [0.15, 0.2) is 0 Å². The summed E-state index contributed by atoms with van der Waals surface area (Å²) in [5.41, 5.74) is 9.80. The van der Waals surface area contributed by atoms with Gasteiger partial charge in [0.25, 0.3) is 5.91 Å². The van der Waals surface area contributed by atoms with Crippen molar-refractivity contribution in [1.29, 1.82) is 0 Å². The third-order valence-corrected chi connectivity index (χ3v) is 4.33. The van der Waals surface area contributed by atoms with Crippen LogP contribution in [0.1, 0.15) is 42.3 Å². The number of benzene rings is 2. The largest absolute Gasteiger partial charge is 0.462 e. The molecule has 27 heavy (non-hydrogen) atoms. The van der Waals surface area contributed by atoms with Gasteiger partial charge in [-0.05, 0) is 50.6 Å². The van der Waals surface area contributed by atoms with Crippen molar-refractivity contribution in [3.05, 3.63) is 65.4 Å². The van der Waals surface area contributed by atoms with Crippen molar-refractivity contribution < 1.29 is 14.3 Å². The Hall–Kier alpha value is -3.12. The third kappa shape index (κ3) is 4.01. The highest BCUT2D eigenvalue weighted by Crippen LogP contribution is 2.32. The van der Waals surface area contributed by atoms with Crippen LogP contribution in [0.15, 0.2) is 48.7 Å². The average molecular weight is 365 g/mol. The predicted molar refractivity (Wildman–Crippen MR) is 106 cm³/mol. The van der Waals surface area contributed by atoms with Crippen LogP contribution in [0.2, 0.25) is 0 Å². The fourth-order valence-corrected chi connectivity index (χ4v) is 2.83. The molecule has 0 radical (unpaired) electrons. The summed E-state index contributed by atoms with van der Waals surface area (Å²) < 4.78 is 4.99. The molecule has 6 nitrogen and oxygen atoms in total. The molecular formula is C21H23N3O3. The van der Waals surface area contributed by atoms with E-state index < -0.39 is 11.5 Å². The second kappa shape index (κ2) is 7.25. The smallest absolute Gasteiger partial charge is 0.338 e. The van der Waals surface area contributed by atoms with E-state index in [1.54, 1.807) is 31.3 Å². The van der Waals surface area contributed by atoms with Crippen molar-refractivity contribution in [3.63, 3.8) is 0 Å². The highest BCUT2D eigenvalue weighted by Gasteiger charge is 2.25. The first-order valence-electron chi connectivity index (χ1n) is 8.78. The summed E-state index contributed by atoms with van der Waals surface area (Å²) in [4.78, 5) is 24.1. The molecule has 1 aliphatic heterocycles. The normalized spacial score (nSPS) is 14.7. The second-order valence-electron chi connectivity index (χ2n) is 6.94. The molecule has 2 aromatic carbocycles. The lowest BCUT2D eigenvalue weighted by Crippen LogP contribution is -2.28. The Kier molecular flexibility index (Phi) is 5.01. The van der Waals surface area contributed by atoms with Crippen LogP contribution in [-0.4, -0.2) is 18.5 Å². The van der Waals surface area contributed by atoms with Gasteiger partial charge in [0.1, 0.15) is 0 Å². The van der Waals surface area contributed by atoms with Crippen molar-refractivity contribution in [2.24, 2.45) is 5.73 Å². The Balaban J connectivity index is 1.80. The number of esters is 1. The molecule has 4 N–H and O–H groups in total. The van der Waals surface area contributed by atoms with Gasteiger partial charge in [0.05, 0.1) is 17.7 Å². The molecule has 0 aliphatic carbocycles. The van der Waals surface area contributed by atoms with Gasteiger partial charge >= 0.3 is 5.97 Å². The molecule has 0 fully saturated rings. The molecule has 0 bridgehead atoms. The standard InChI is InChI=1S/C21H23N3O3/c1-4-27-20(26)13-5-10-16-17(19(25)24-18(16)11-13)12-23-15-8-6-14(7-9-15)21(2,3)22/h5-12,23H,4,22H2,1-3H3,(H,24,25). The van der Waals surface area contributed by atoms with Gasteiger partial charge in [0, 0.05) is 28.7 Å². The second-order valence-corrected chi connectivity index (χ2v) is 6.94. The number of anilines is 2. The summed E-state index contributed by atoms with van der Waals surface area (Å²) in [6.07, 6.45) is 1.66.